The van der Waals surface area contributed by atoms with Crippen LogP contribution >= 0.6 is 0 Å². The van der Waals surface area contributed by atoms with Gasteiger partial charge in [0, 0.05) is 0 Å². The Balaban J connectivity index is 1.78. The number of hydrogen-bond acceptors (Lipinski definition) is 3. The van der Waals surface area contributed by atoms with Gasteiger partial charge in [0.15, 0.2) is 11.5 Å². The number of piperidine rings is 1. The highest BCUT2D eigenvalue weighted by Crippen LogP contribution is 2.27. The van der Waals surface area contributed by atoms with E-state index in [-0.39, 0.29) is 0 Å². The summed E-state index contributed by atoms with van der Waals surface area (Å²) in [5.41, 5.74) is 0. The SMILES string of the molecule is CCOc1ccccc1OCC[C@@H]1CCCNC1. The Bertz CT molecular complexity index is 348. The van der Waals surface area contributed by atoms with Gasteiger partial charge in [0.05, 0.1) is 13.2 Å². The lowest BCUT2D eigenvalue weighted by Crippen LogP contribution is -2.30. The molecule has 0 aliphatic carbocycles. The molecule has 3 heteroatoms. The molecule has 0 bridgehead atoms. The Morgan fingerprint density at radius 3 is 2.67 bits per heavy atom. The van der Waals surface area contributed by atoms with Gasteiger partial charge >= 0.3 is 0 Å². The minimum Gasteiger partial charge on any atom is -0.490 e. The van der Waals surface area contributed by atoms with Crippen LogP contribution in [0.4, 0.5) is 0 Å². The highest BCUT2D eigenvalue weighted by Gasteiger charge is 2.13. The van der Waals surface area contributed by atoms with Gasteiger partial charge in [-0.1, -0.05) is 12.1 Å². The number of para-hydroxylation sites is 2. The van der Waals surface area contributed by atoms with Crippen molar-refractivity contribution in [3.8, 4) is 11.5 Å². The van der Waals surface area contributed by atoms with Gasteiger partial charge in [-0.15, -0.1) is 0 Å². The number of nitrogens with one attached hydrogen (secondary N) is 1. The van der Waals surface area contributed by atoms with Crippen molar-refractivity contribution in [3.05, 3.63) is 24.3 Å². The summed E-state index contributed by atoms with van der Waals surface area (Å²) >= 11 is 0. The maximum Gasteiger partial charge on any atom is 0.161 e. The molecule has 1 aromatic carbocycles. The maximum absolute atomic E-state index is 5.84. The van der Waals surface area contributed by atoms with E-state index in [1.165, 1.54) is 19.4 Å². The molecule has 1 heterocycles. The van der Waals surface area contributed by atoms with E-state index in [1.807, 2.05) is 31.2 Å². The van der Waals surface area contributed by atoms with Gasteiger partial charge in [0.2, 0.25) is 0 Å². The first-order chi connectivity index (χ1) is 8.90. The van der Waals surface area contributed by atoms with Crippen LogP contribution in [0.25, 0.3) is 0 Å². The zero-order valence-corrected chi connectivity index (χ0v) is 11.2. The third kappa shape index (κ3) is 3.91. The lowest BCUT2D eigenvalue weighted by molar-refractivity contribution is 0.239. The molecule has 18 heavy (non-hydrogen) atoms. The Morgan fingerprint density at radius 2 is 2.00 bits per heavy atom. The molecule has 100 valence electrons. The number of ether oxygens (including phenoxy) is 2. The van der Waals surface area contributed by atoms with Crippen molar-refractivity contribution in [2.75, 3.05) is 26.3 Å². The zero-order chi connectivity index (χ0) is 12.6. The van der Waals surface area contributed by atoms with Gasteiger partial charge in [-0.25, -0.2) is 0 Å². The second-order valence-electron chi connectivity index (χ2n) is 4.73. The van der Waals surface area contributed by atoms with Gasteiger partial charge in [0.25, 0.3) is 0 Å². The van der Waals surface area contributed by atoms with Gasteiger partial charge in [-0.2, -0.15) is 0 Å². The third-order valence-corrected chi connectivity index (χ3v) is 3.33. The first-order valence-corrected chi connectivity index (χ1v) is 6.95. The van der Waals surface area contributed by atoms with Crippen molar-refractivity contribution in [1.82, 2.24) is 5.32 Å². The summed E-state index contributed by atoms with van der Waals surface area (Å²) in [7, 11) is 0. The number of hydrogen-bond donors (Lipinski definition) is 1. The smallest absolute Gasteiger partial charge is 0.161 e. The molecule has 1 aliphatic heterocycles. The predicted molar refractivity (Wildman–Crippen MR) is 73.3 cm³/mol. The topological polar surface area (TPSA) is 30.5 Å². The highest BCUT2D eigenvalue weighted by molar-refractivity contribution is 5.39. The van der Waals surface area contributed by atoms with Crippen LogP contribution in [-0.4, -0.2) is 26.3 Å². The van der Waals surface area contributed by atoms with E-state index in [0.717, 1.165) is 37.0 Å². The minimum absolute atomic E-state index is 0.674. The van der Waals surface area contributed by atoms with Crippen LogP contribution in [0.15, 0.2) is 24.3 Å². The fraction of sp³-hybridized carbons (Fsp3) is 0.600. The van der Waals surface area contributed by atoms with Crippen LogP contribution in [0.3, 0.4) is 0 Å². The molecule has 1 saturated heterocycles. The van der Waals surface area contributed by atoms with E-state index in [1.54, 1.807) is 0 Å². The summed E-state index contributed by atoms with van der Waals surface area (Å²) in [4.78, 5) is 0. The fourth-order valence-electron chi connectivity index (χ4n) is 2.35. The second kappa shape index (κ2) is 7.27. The molecule has 2 rings (SSSR count). The summed E-state index contributed by atoms with van der Waals surface area (Å²) in [6.45, 7) is 5.74. The van der Waals surface area contributed by atoms with Crippen molar-refractivity contribution in [1.29, 1.82) is 0 Å². The summed E-state index contributed by atoms with van der Waals surface area (Å²) in [6.07, 6.45) is 3.73. The summed E-state index contributed by atoms with van der Waals surface area (Å²) < 4.78 is 11.4. The Labute approximate surface area is 109 Å². The highest BCUT2D eigenvalue weighted by atomic mass is 16.5. The van der Waals surface area contributed by atoms with Gasteiger partial charge < -0.3 is 14.8 Å². The van der Waals surface area contributed by atoms with Crippen molar-refractivity contribution in [3.63, 3.8) is 0 Å². The normalized spacial score (nSPS) is 19.5. The molecule has 0 spiro atoms. The van der Waals surface area contributed by atoms with Crippen LogP contribution in [0.5, 0.6) is 11.5 Å². The van der Waals surface area contributed by atoms with Crippen LogP contribution < -0.4 is 14.8 Å². The van der Waals surface area contributed by atoms with Gasteiger partial charge in [-0.3, -0.25) is 0 Å². The molecule has 1 fully saturated rings. The van der Waals surface area contributed by atoms with E-state index < -0.39 is 0 Å². The van der Waals surface area contributed by atoms with Crippen molar-refractivity contribution >= 4 is 0 Å². The minimum atomic E-state index is 0.674. The summed E-state index contributed by atoms with van der Waals surface area (Å²) in [5, 5.41) is 3.43. The van der Waals surface area contributed by atoms with E-state index >= 15 is 0 Å². The molecule has 1 atom stereocenters. The number of benzene rings is 1. The quantitative estimate of drug-likeness (QED) is 0.841. The largest absolute Gasteiger partial charge is 0.490 e. The predicted octanol–water partition coefficient (Wildman–Crippen LogP) is 2.85. The van der Waals surface area contributed by atoms with Crippen LogP contribution in [-0.2, 0) is 0 Å². The molecule has 0 amide bonds. The van der Waals surface area contributed by atoms with Crippen molar-refractivity contribution in [2.45, 2.75) is 26.2 Å². The Morgan fingerprint density at radius 1 is 1.22 bits per heavy atom. The molecule has 0 aromatic heterocycles. The van der Waals surface area contributed by atoms with E-state index in [4.69, 9.17) is 9.47 Å². The average molecular weight is 249 g/mol. The van der Waals surface area contributed by atoms with E-state index in [0.29, 0.717) is 6.61 Å². The zero-order valence-electron chi connectivity index (χ0n) is 11.2. The van der Waals surface area contributed by atoms with Crippen LogP contribution in [0.1, 0.15) is 26.2 Å². The van der Waals surface area contributed by atoms with Gasteiger partial charge in [0.1, 0.15) is 0 Å². The first-order valence-electron chi connectivity index (χ1n) is 6.95. The fourth-order valence-corrected chi connectivity index (χ4v) is 2.35. The molecular weight excluding hydrogens is 226 g/mol. The Hall–Kier alpha value is -1.22. The summed E-state index contributed by atoms with van der Waals surface area (Å²) in [6, 6.07) is 7.90. The average Bonchev–Trinajstić information content (AvgIpc) is 2.42. The molecular formula is C15H23NO2. The molecule has 1 N–H and O–H groups in total. The molecule has 1 aliphatic rings. The molecule has 1 aromatic rings. The Kier molecular flexibility index (Phi) is 5.34. The molecule has 0 radical (unpaired) electrons. The number of rotatable bonds is 6. The van der Waals surface area contributed by atoms with Crippen molar-refractivity contribution in [2.24, 2.45) is 5.92 Å². The second-order valence-corrected chi connectivity index (χ2v) is 4.73. The molecule has 0 saturated carbocycles. The maximum atomic E-state index is 5.84. The first kappa shape index (κ1) is 13.2. The molecule has 3 nitrogen and oxygen atoms in total. The standard InChI is InChI=1S/C15H23NO2/c1-2-17-14-7-3-4-8-15(14)18-11-9-13-6-5-10-16-12-13/h3-4,7-8,13,16H,2,5-6,9-12H2,1H3/t13-/m0/s1. The van der Waals surface area contributed by atoms with Gasteiger partial charge in [-0.05, 0) is 57.3 Å². The van der Waals surface area contributed by atoms with E-state index in [9.17, 15) is 0 Å². The van der Waals surface area contributed by atoms with E-state index in [2.05, 4.69) is 5.32 Å². The molecule has 0 unspecified atom stereocenters. The summed E-state index contributed by atoms with van der Waals surface area (Å²) in [5.74, 6) is 2.47. The van der Waals surface area contributed by atoms with Crippen LogP contribution in [0, 0.1) is 5.92 Å². The monoisotopic (exact) mass is 249 g/mol. The van der Waals surface area contributed by atoms with Crippen molar-refractivity contribution < 1.29 is 9.47 Å². The third-order valence-electron chi connectivity index (χ3n) is 3.33. The lowest BCUT2D eigenvalue weighted by atomic mass is 9.97. The van der Waals surface area contributed by atoms with Crippen LogP contribution in [0.2, 0.25) is 0 Å². The lowest BCUT2D eigenvalue weighted by Gasteiger charge is -2.22.